The number of benzene rings is 9. The predicted octanol–water partition coefficient (Wildman–Crippen LogP) is 15.1. The molecule has 6 nitrogen and oxygen atoms in total. The number of aromatic nitrogens is 4. The fraction of sp³-hybridized carbons (Fsp3) is 0. The van der Waals surface area contributed by atoms with Gasteiger partial charge in [0, 0.05) is 60.3 Å². The van der Waals surface area contributed by atoms with E-state index in [4.69, 9.17) is 23.8 Å². The van der Waals surface area contributed by atoms with Crippen molar-refractivity contribution in [1.29, 1.82) is 0 Å². The third-order valence-electron chi connectivity index (χ3n) is 12.3. The first-order valence-corrected chi connectivity index (χ1v) is 21.1. The Bertz CT molecular complexity index is 3900. The second-order valence-corrected chi connectivity index (χ2v) is 15.9. The molecule has 0 spiro atoms. The first-order chi connectivity index (χ1) is 31.2. The molecule has 63 heavy (non-hydrogen) atoms. The van der Waals surface area contributed by atoms with Crippen molar-refractivity contribution in [3.63, 3.8) is 0 Å². The molecule has 4 heterocycles. The van der Waals surface area contributed by atoms with E-state index in [1.807, 2.05) is 60.7 Å². The van der Waals surface area contributed by atoms with Crippen LogP contribution in [-0.4, -0.2) is 19.5 Å². The molecule has 0 unspecified atom stereocenters. The summed E-state index contributed by atoms with van der Waals surface area (Å²) < 4.78 is 15.3. The second-order valence-electron chi connectivity index (χ2n) is 15.9. The van der Waals surface area contributed by atoms with Gasteiger partial charge in [-0.25, -0.2) is 15.0 Å². The van der Waals surface area contributed by atoms with Gasteiger partial charge in [-0.1, -0.05) is 152 Å². The molecular weight excluding hydrogens is 773 g/mol. The summed E-state index contributed by atoms with van der Waals surface area (Å²) in [6.45, 7) is 0. The number of nitrogens with zero attached hydrogens (tertiary/aromatic N) is 4. The summed E-state index contributed by atoms with van der Waals surface area (Å²) in [6.07, 6.45) is 0. The summed E-state index contributed by atoms with van der Waals surface area (Å²) in [5.74, 6) is 1.75. The van der Waals surface area contributed by atoms with E-state index in [-0.39, 0.29) is 0 Å². The van der Waals surface area contributed by atoms with Gasteiger partial charge in [0.25, 0.3) is 0 Å². The summed E-state index contributed by atoms with van der Waals surface area (Å²) in [6, 6.07) is 71.5. The normalized spacial score (nSPS) is 11.8. The molecule has 0 bridgehead atoms. The summed E-state index contributed by atoms with van der Waals surface area (Å²) in [5, 5.41) is 6.59. The van der Waals surface area contributed by atoms with Crippen LogP contribution in [0.15, 0.2) is 215 Å². The Morgan fingerprint density at radius 1 is 0.317 bits per heavy atom. The molecule has 0 aliphatic rings. The number of fused-ring (bicyclic) bond motifs is 9. The van der Waals surface area contributed by atoms with Crippen molar-refractivity contribution in [2.24, 2.45) is 0 Å². The van der Waals surface area contributed by atoms with Gasteiger partial charge in [0.15, 0.2) is 17.5 Å². The van der Waals surface area contributed by atoms with Gasteiger partial charge in [0.2, 0.25) is 0 Å². The Morgan fingerprint density at radius 3 is 1.70 bits per heavy atom. The number of hydrogen-bond donors (Lipinski definition) is 0. The molecule has 0 saturated heterocycles. The molecule has 4 aromatic heterocycles. The van der Waals surface area contributed by atoms with E-state index in [1.165, 1.54) is 21.8 Å². The molecule has 13 rings (SSSR count). The van der Waals surface area contributed by atoms with Crippen LogP contribution in [-0.2, 0) is 0 Å². The molecule has 0 amide bonds. The van der Waals surface area contributed by atoms with Crippen LogP contribution < -0.4 is 0 Å². The first-order valence-electron chi connectivity index (χ1n) is 21.1. The van der Waals surface area contributed by atoms with Crippen molar-refractivity contribution in [2.45, 2.75) is 0 Å². The van der Waals surface area contributed by atoms with Gasteiger partial charge in [-0.2, -0.15) is 0 Å². The van der Waals surface area contributed by atoms with Crippen molar-refractivity contribution >= 4 is 65.7 Å². The van der Waals surface area contributed by atoms with Crippen LogP contribution in [0.5, 0.6) is 0 Å². The van der Waals surface area contributed by atoms with Crippen LogP contribution >= 0.6 is 0 Å². The average molecular weight is 807 g/mol. The Morgan fingerprint density at radius 2 is 0.873 bits per heavy atom. The van der Waals surface area contributed by atoms with Gasteiger partial charge in [-0.15, -0.1) is 0 Å². The smallest absolute Gasteiger partial charge is 0.164 e. The minimum Gasteiger partial charge on any atom is -0.456 e. The molecule has 0 N–H and O–H groups in total. The van der Waals surface area contributed by atoms with E-state index in [2.05, 4.69) is 150 Å². The molecule has 0 saturated carbocycles. The van der Waals surface area contributed by atoms with E-state index < -0.39 is 0 Å². The Kier molecular flexibility index (Phi) is 7.80. The lowest BCUT2D eigenvalue weighted by molar-refractivity contribution is 0.669. The lowest BCUT2D eigenvalue weighted by atomic mass is 9.99. The highest BCUT2D eigenvalue weighted by atomic mass is 16.3. The minimum atomic E-state index is 0.573. The largest absolute Gasteiger partial charge is 0.456 e. The molecule has 0 aliphatic carbocycles. The molecule has 6 heteroatoms. The summed E-state index contributed by atoms with van der Waals surface area (Å²) in [7, 11) is 0. The first kappa shape index (κ1) is 35.2. The zero-order valence-electron chi connectivity index (χ0n) is 33.7. The van der Waals surface area contributed by atoms with E-state index in [0.717, 1.165) is 88.5 Å². The van der Waals surface area contributed by atoms with Crippen LogP contribution in [0.2, 0.25) is 0 Å². The maximum absolute atomic E-state index is 6.54. The van der Waals surface area contributed by atoms with E-state index in [1.54, 1.807) is 0 Å². The van der Waals surface area contributed by atoms with Crippen LogP contribution in [0.25, 0.3) is 128 Å². The molecule has 294 valence electrons. The minimum absolute atomic E-state index is 0.573. The topological polar surface area (TPSA) is 69.9 Å². The maximum Gasteiger partial charge on any atom is 0.164 e. The van der Waals surface area contributed by atoms with Crippen LogP contribution in [0.1, 0.15) is 0 Å². The van der Waals surface area contributed by atoms with E-state index >= 15 is 0 Å². The van der Waals surface area contributed by atoms with Gasteiger partial charge in [0.1, 0.15) is 22.3 Å². The van der Waals surface area contributed by atoms with Crippen molar-refractivity contribution in [2.75, 3.05) is 0 Å². The van der Waals surface area contributed by atoms with E-state index in [0.29, 0.717) is 17.5 Å². The molecule has 0 radical (unpaired) electrons. The molecule has 0 fully saturated rings. The molecule has 9 aromatic carbocycles. The van der Waals surface area contributed by atoms with Crippen molar-refractivity contribution in [1.82, 2.24) is 19.5 Å². The van der Waals surface area contributed by atoms with Crippen molar-refractivity contribution in [3.8, 4) is 62.1 Å². The second kappa shape index (κ2) is 14.0. The standard InChI is InChI=1S/C57H34N4O2/c1-3-13-36(14-4-1)55-58-56(37-27-25-35(26-28-37)41-19-11-20-44-43-18-8-10-23-50(43)63-54(41)44)60-57(59-55)45-21-12-24-52-53(45)47-34-39(30-32-51(47)62-52)38-29-31-49-46(33-38)42-17-7-9-22-48(42)61(49)40-15-5-2-6-16-40/h1-34H. The van der Waals surface area contributed by atoms with Crippen LogP contribution in [0, 0.1) is 0 Å². The highest BCUT2D eigenvalue weighted by molar-refractivity contribution is 6.14. The number of para-hydroxylation sites is 4. The number of hydrogen-bond acceptors (Lipinski definition) is 5. The third-order valence-corrected chi connectivity index (χ3v) is 12.3. The fourth-order valence-corrected chi connectivity index (χ4v) is 9.32. The SMILES string of the molecule is c1ccc(-c2nc(-c3ccc(-c4cccc5c4oc4ccccc45)cc3)nc(-c3cccc4oc5ccc(-c6ccc7c(c6)c6ccccc6n7-c6ccccc6)cc5c34)n2)cc1. The summed E-state index contributed by atoms with van der Waals surface area (Å²) >= 11 is 0. The highest BCUT2D eigenvalue weighted by Gasteiger charge is 2.20. The molecule has 0 aliphatic heterocycles. The van der Waals surface area contributed by atoms with Gasteiger partial charge >= 0.3 is 0 Å². The van der Waals surface area contributed by atoms with Crippen molar-refractivity contribution in [3.05, 3.63) is 206 Å². The number of furan rings is 2. The Hall–Kier alpha value is -8.61. The lowest BCUT2D eigenvalue weighted by Crippen LogP contribution is -2.00. The van der Waals surface area contributed by atoms with Crippen molar-refractivity contribution < 1.29 is 8.83 Å². The van der Waals surface area contributed by atoms with Crippen LogP contribution in [0.4, 0.5) is 0 Å². The Balaban J connectivity index is 0.941. The maximum atomic E-state index is 6.54. The molecule has 13 aromatic rings. The van der Waals surface area contributed by atoms with Gasteiger partial charge in [0.05, 0.1) is 11.0 Å². The van der Waals surface area contributed by atoms with Gasteiger partial charge in [-0.3, -0.25) is 0 Å². The van der Waals surface area contributed by atoms with Crippen LogP contribution in [0.3, 0.4) is 0 Å². The summed E-state index contributed by atoms with van der Waals surface area (Å²) in [5.41, 5.74) is 13.8. The zero-order chi connectivity index (χ0) is 41.4. The fourth-order valence-electron chi connectivity index (χ4n) is 9.32. The number of rotatable bonds is 6. The van der Waals surface area contributed by atoms with E-state index in [9.17, 15) is 0 Å². The predicted molar refractivity (Wildman–Crippen MR) is 256 cm³/mol. The average Bonchev–Trinajstić information content (AvgIpc) is 4.04. The third kappa shape index (κ3) is 5.69. The zero-order valence-corrected chi connectivity index (χ0v) is 33.7. The summed E-state index contributed by atoms with van der Waals surface area (Å²) in [4.78, 5) is 15.4. The Labute approximate surface area is 361 Å². The monoisotopic (exact) mass is 806 g/mol. The van der Waals surface area contributed by atoms with Gasteiger partial charge in [-0.05, 0) is 71.3 Å². The van der Waals surface area contributed by atoms with Gasteiger partial charge < -0.3 is 13.4 Å². The lowest BCUT2D eigenvalue weighted by Gasteiger charge is -2.10. The quantitative estimate of drug-likeness (QED) is 0.167. The highest BCUT2D eigenvalue weighted by Crippen LogP contribution is 2.41. The molecule has 0 atom stereocenters. The molecular formula is C57H34N4O2.